The molecule has 1 aromatic heterocycles. The molecule has 0 atom stereocenters. The van der Waals surface area contributed by atoms with Crippen molar-refractivity contribution < 1.29 is 13.2 Å². The number of carbonyl (C=O) groups is 1. The highest BCUT2D eigenvalue weighted by Crippen LogP contribution is 2.12. The van der Waals surface area contributed by atoms with E-state index in [1.165, 1.54) is 18.3 Å². The third-order valence-electron chi connectivity index (χ3n) is 2.36. The number of aromatic nitrogens is 1. The molecule has 0 aliphatic rings. The number of nitrogens with one attached hydrogen (secondary N) is 2. The van der Waals surface area contributed by atoms with Gasteiger partial charge in [0.2, 0.25) is 15.9 Å². The predicted molar refractivity (Wildman–Crippen MR) is 76.9 cm³/mol. The highest BCUT2D eigenvalue weighted by Gasteiger charge is 2.14. The van der Waals surface area contributed by atoms with Crippen LogP contribution in [0.3, 0.4) is 0 Å². The summed E-state index contributed by atoms with van der Waals surface area (Å²) in [6, 6.07) is 2.59. The molecule has 0 bridgehead atoms. The van der Waals surface area contributed by atoms with Crippen LogP contribution >= 0.6 is 11.6 Å². The number of pyridine rings is 1. The maximum atomic E-state index is 11.9. The molecular weight excluding hydrogens is 302 g/mol. The maximum absolute atomic E-state index is 11.9. The summed E-state index contributed by atoms with van der Waals surface area (Å²) < 4.78 is 26.2. The highest BCUT2D eigenvalue weighted by molar-refractivity contribution is 7.89. The largest absolute Gasteiger partial charge is 0.356 e. The standard InChI is InChI=1S/C12H18ClN3O3S/c1-9(2)8-15-12(17)4-6-16-20(18,19)10-3-5-14-11(13)7-10/h3,5,7,9,16H,4,6,8H2,1-2H3,(H,15,17). The predicted octanol–water partition coefficient (Wildman–Crippen LogP) is 1.18. The van der Waals surface area contributed by atoms with Crippen LogP contribution in [0.4, 0.5) is 0 Å². The van der Waals surface area contributed by atoms with Gasteiger partial charge in [-0.05, 0) is 18.1 Å². The van der Waals surface area contributed by atoms with E-state index >= 15 is 0 Å². The number of carbonyl (C=O) groups excluding carboxylic acids is 1. The molecule has 0 unspecified atom stereocenters. The van der Waals surface area contributed by atoms with Crippen LogP contribution in [0.25, 0.3) is 0 Å². The number of halogens is 1. The lowest BCUT2D eigenvalue weighted by Crippen LogP contribution is -2.32. The summed E-state index contributed by atoms with van der Waals surface area (Å²) in [5, 5.41) is 2.81. The second-order valence-electron chi connectivity index (χ2n) is 4.66. The number of sulfonamides is 1. The van der Waals surface area contributed by atoms with E-state index in [0.717, 1.165) is 0 Å². The van der Waals surface area contributed by atoms with Gasteiger partial charge in [-0.3, -0.25) is 4.79 Å². The van der Waals surface area contributed by atoms with Crippen LogP contribution in [0.15, 0.2) is 23.2 Å². The van der Waals surface area contributed by atoms with Gasteiger partial charge in [-0.2, -0.15) is 0 Å². The van der Waals surface area contributed by atoms with Gasteiger partial charge in [-0.25, -0.2) is 18.1 Å². The maximum Gasteiger partial charge on any atom is 0.240 e. The Bertz CT molecular complexity index is 561. The Kier molecular flexibility index (Phi) is 6.38. The zero-order valence-electron chi connectivity index (χ0n) is 11.4. The first-order chi connectivity index (χ1) is 9.31. The van der Waals surface area contributed by atoms with Gasteiger partial charge in [-0.15, -0.1) is 0 Å². The summed E-state index contributed by atoms with van der Waals surface area (Å²) in [6.45, 7) is 4.57. The highest BCUT2D eigenvalue weighted by atomic mass is 35.5. The Hall–Kier alpha value is -1.18. The molecule has 8 heteroatoms. The van der Waals surface area contributed by atoms with Crippen LogP contribution in [0.2, 0.25) is 5.15 Å². The molecule has 0 aliphatic carbocycles. The molecule has 0 radical (unpaired) electrons. The molecular formula is C12H18ClN3O3S. The third-order valence-corrected chi connectivity index (χ3v) is 4.03. The zero-order chi connectivity index (χ0) is 15.2. The Morgan fingerprint density at radius 1 is 1.45 bits per heavy atom. The summed E-state index contributed by atoms with van der Waals surface area (Å²) >= 11 is 5.64. The number of nitrogens with zero attached hydrogens (tertiary/aromatic N) is 1. The van der Waals surface area contributed by atoms with E-state index in [0.29, 0.717) is 12.5 Å². The second kappa shape index (κ2) is 7.56. The lowest BCUT2D eigenvalue weighted by Gasteiger charge is -2.09. The Morgan fingerprint density at radius 2 is 2.15 bits per heavy atom. The summed E-state index contributed by atoms with van der Waals surface area (Å²) in [7, 11) is -3.66. The first kappa shape index (κ1) is 16.9. The van der Waals surface area contributed by atoms with Crippen molar-refractivity contribution in [3.8, 4) is 0 Å². The van der Waals surface area contributed by atoms with Gasteiger partial charge in [0.05, 0.1) is 4.90 Å². The number of amides is 1. The Morgan fingerprint density at radius 3 is 2.75 bits per heavy atom. The molecule has 0 fully saturated rings. The smallest absolute Gasteiger partial charge is 0.240 e. The van der Waals surface area contributed by atoms with Crippen molar-refractivity contribution in [1.29, 1.82) is 0 Å². The SMILES string of the molecule is CC(C)CNC(=O)CCNS(=O)(=O)c1ccnc(Cl)c1. The van der Waals surface area contributed by atoms with Crippen LogP contribution < -0.4 is 10.0 Å². The molecule has 112 valence electrons. The lowest BCUT2D eigenvalue weighted by molar-refractivity contribution is -0.121. The molecule has 1 aromatic rings. The number of rotatable bonds is 7. The van der Waals surface area contributed by atoms with Crippen molar-refractivity contribution >= 4 is 27.5 Å². The molecule has 0 saturated carbocycles. The molecule has 0 aromatic carbocycles. The van der Waals surface area contributed by atoms with Crippen molar-refractivity contribution in [3.63, 3.8) is 0 Å². The van der Waals surface area contributed by atoms with Gasteiger partial charge >= 0.3 is 0 Å². The topological polar surface area (TPSA) is 88.2 Å². The van der Waals surface area contributed by atoms with Crippen molar-refractivity contribution in [2.45, 2.75) is 25.2 Å². The average Bonchev–Trinajstić information content (AvgIpc) is 2.36. The summed E-state index contributed by atoms with van der Waals surface area (Å²) in [6.07, 6.45) is 1.40. The van der Waals surface area contributed by atoms with E-state index in [9.17, 15) is 13.2 Å². The van der Waals surface area contributed by atoms with Gasteiger partial charge in [0.1, 0.15) is 5.15 Å². The minimum Gasteiger partial charge on any atom is -0.356 e. The molecule has 0 saturated heterocycles. The molecule has 20 heavy (non-hydrogen) atoms. The molecule has 1 heterocycles. The molecule has 1 amide bonds. The normalized spacial score (nSPS) is 11.6. The lowest BCUT2D eigenvalue weighted by atomic mass is 10.2. The van der Waals surface area contributed by atoms with E-state index < -0.39 is 10.0 Å². The molecule has 6 nitrogen and oxygen atoms in total. The minimum absolute atomic E-state index is 0.0279. The molecule has 0 aliphatic heterocycles. The van der Waals surface area contributed by atoms with Gasteiger partial charge in [0, 0.05) is 25.7 Å². The Labute approximate surface area is 124 Å². The van der Waals surface area contributed by atoms with Gasteiger partial charge < -0.3 is 5.32 Å². The van der Waals surface area contributed by atoms with Gasteiger partial charge in [0.25, 0.3) is 0 Å². The summed E-state index contributed by atoms with van der Waals surface area (Å²) in [5.74, 6) is 0.170. The van der Waals surface area contributed by atoms with E-state index in [2.05, 4.69) is 15.0 Å². The average molecular weight is 320 g/mol. The number of hydrogen-bond donors (Lipinski definition) is 2. The van der Waals surface area contributed by atoms with E-state index in [1.54, 1.807) is 0 Å². The summed E-state index contributed by atoms with van der Waals surface area (Å²) in [5.41, 5.74) is 0. The van der Waals surface area contributed by atoms with Crippen molar-refractivity contribution in [2.75, 3.05) is 13.1 Å². The fourth-order valence-corrected chi connectivity index (χ4v) is 2.62. The zero-order valence-corrected chi connectivity index (χ0v) is 13.0. The minimum atomic E-state index is -3.66. The molecule has 0 spiro atoms. The molecule has 1 rings (SSSR count). The van der Waals surface area contributed by atoms with E-state index in [1.807, 2.05) is 13.8 Å². The van der Waals surface area contributed by atoms with Crippen LogP contribution in [0.1, 0.15) is 20.3 Å². The monoisotopic (exact) mass is 319 g/mol. The van der Waals surface area contributed by atoms with Crippen LogP contribution in [-0.4, -0.2) is 32.4 Å². The van der Waals surface area contributed by atoms with E-state index in [-0.39, 0.29) is 28.9 Å². The molecule has 2 N–H and O–H groups in total. The second-order valence-corrected chi connectivity index (χ2v) is 6.81. The fraction of sp³-hybridized carbons (Fsp3) is 0.500. The quantitative estimate of drug-likeness (QED) is 0.739. The van der Waals surface area contributed by atoms with Crippen LogP contribution in [-0.2, 0) is 14.8 Å². The Balaban J connectivity index is 2.47. The van der Waals surface area contributed by atoms with Crippen molar-refractivity contribution in [2.24, 2.45) is 5.92 Å². The van der Waals surface area contributed by atoms with Crippen LogP contribution in [0.5, 0.6) is 0 Å². The first-order valence-electron chi connectivity index (χ1n) is 6.19. The fourth-order valence-electron chi connectivity index (χ4n) is 1.34. The van der Waals surface area contributed by atoms with Crippen molar-refractivity contribution in [1.82, 2.24) is 15.0 Å². The van der Waals surface area contributed by atoms with Crippen LogP contribution in [0, 0.1) is 5.92 Å². The van der Waals surface area contributed by atoms with Gasteiger partial charge in [-0.1, -0.05) is 25.4 Å². The van der Waals surface area contributed by atoms with E-state index in [4.69, 9.17) is 11.6 Å². The van der Waals surface area contributed by atoms with Gasteiger partial charge in [0.15, 0.2) is 0 Å². The van der Waals surface area contributed by atoms with Crippen molar-refractivity contribution in [3.05, 3.63) is 23.5 Å². The third kappa shape index (κ3) is 5.85. The first-order valence-corrected chi connectivity index (χ1v) is 8.05. The number of hydrogen-bond acceptors (Lipinski definition) is 4. The summed E-state index contributed by atoms with van der Waals surface area (Å²) in [4.78, 5) is 15.2.